The van der Waals surface area contributed by atoms with Gasteiger partial charge in [0.1, 0.15) is 10.6 Å². The summed E-state index contributed by atoms with van der Waals surface area (Å²) in [6.07, 6.45) is 4.82. The molecule has 0 radical (unpaired) electrons. The number of anilines is 1. The molecule has 3 aromatic rings. The highest BCUT2D eigenvalue weighted by Crippen LogP contribution is 2.33. The molecule has 0 saturated carbocycles. The van der Waals surface area contributed by atoms with Crippen molar-refractivity contribution < 1.29 is 23.5 Å². The first kappa shape index (κ1) is 21.7. The third-order valence-electron chi connectivity index (χ3n) is 4.10. The number of hydrogen-bond donors (Lipinski definition) is 1. The molecule has 8 nitrogen and oxygen atoms in total. The summed E-state index contributed by atoms with van der Waals surface area (Å²) in [6.45, 7) is 3.25. The Labute approximate surface area is 178 Å². The van der Waals surface area contributed by atoms with Crippen molar-refractivity contribution in [2.24, 2.45) is 0 Å². The maximum absolute atomic E-state index is 12.8. The molecule has 0 bridgehead atoms. The molecule has 9 heteroatoms. The summed E-state index contributed by atoms with van der Waals surface area (Å²) in [5, 5.41) is 3.04. The van der Waals surface area contributed by atoms with Gasteiger partial charge in [-0.25, -0.2) is 9.97 Å². The number of thiazole rings is 1. The maximum atomic E-state index is 12.8. The van der Waals surface area contributed by atoms with E-state index < -0.39 is 0 Å². The van der Waals surface area contributed by atoms with Gasteiger partial charge in [0, 0.05) is 31.9 Å². The molecule has 3 rings (SSSR count). The molecular formula is C21H23N3O5S. The highest BCUT2D eigenvalue weighted by Gasteiger charge is 2.22. The van der Waals surface area contributed by atoms with E-state index in [0.717, 1.165) is 17.8 Å². The number of Topliss-reactive ketones (excluding diaryl/α,β-unsaturated/α-hetero) is 1. The molecule has 1 amide bonds. The van der Waals surface area contributed by atoms with Gasteiger partial charge in [0.15, 0.2) is 16.7 Å². The van der Waals surface area contributed by atoms with Gasteiger partial charge < -0.3 is 13.9 Å². The number of carbonyl (C=O) groups is 2. The Hall–Kier alpha value is -3.04. The first-order chi connectivity index (χ1) is 14.6. The average Bonchev–Trinajstić information content (AvgIpc) is 3.43. The molecule has 1 N–H and O–H groups in total. The highest BCUT2D eigenvalue weighted by atomic mass is 32.1. The zero-order valence-corrected chi connectivity index (χ0v) is 17.7. The largest absolute Gasteiger partial charge is 0.481 e. The van der Waals surface area contributed by atoms with Gasteiger partial charge in [-0.1, -0.05) is 18.3 Å². The molecule has 3 aromatic heterocycles. The zero-order chi connectivity index (χ0) is 21.3. The van der Waals surface area contributed by atoms with Crippen LogP contribution in [0.15, 0.2) is 41.1 Å². The van der Waals surface area contributed by atoms with Crippen LogP contribution in [-0.2, 0) is 4.74 Å². The summed E-state index contributed by atoms with van der Waals surface area (Å²) in [4.78, 5) is 34.2. The van der Waals surface area contributed by atoms with Crippen LogP contribution in [0.2, 0.25) is 0 Å². The van der Waals surface area contributed by atoms with Crippen LogP contribution in [-0.4, -0.2) is 42.0 Å². The van der Waals surface area contributed by atoms with Crippen molar-refractivity contribution in [2.75, 3.05) is 25.6 Å². The fraction of sp³-hybridized carbons (Fsp3) is 0.333. The third kappa shape index (κ3) is 5.52. The van der Waals surface area contributed by atoms with Crippen LogP contribution < -0.4 is 10.1 Å². The number of nitrogens with zero attached hydrogens (tertiary/aromatic N) is 2. The Balaban J connectivity index is 1.74. The fourth-order valence-electron chi connectivity index (χ4n) is 2.64. The first-order valence-electron chi connectivity index (χ1n) is 9.59. The Bertz CT molecular complexity index is 967. The SMILES string of the molecule is CCCOCCCC(=O)c1sc(NC(=O)c2ccc(OC)nc2)nc1-c1ccco1. The number of furan rings is 1. The van der Waals surface area contributed by atoms with Crippen molar-refractivity contribution >= 4 is 28.2 Å². The Kier molecular flexibility index (Phi) is 7.69. The molecule has 0 aliphatic carbocycles. The molecule has 158 valence electrons. The van der Waals surface area contributed by atoms with Gasteiger partial charge in [0.05, 0.1) is 18.9 Å². The van der Waals surface area contributed by atoms with E-state index in [1.54, 1.807) is 24.3 Å². The van der Waals surface area contributed by atoms with Crippen LogP contribution in [0.25, 0.3) is 11.5 Å². The van der Waals surface area contributed by atoms with Gasteiger partial charge >= 0.3 is 0 Å². The molecule has 3 heterocycles. The molecule has 0 unspecified atom stereocenters. The van der Waals surface area contributed by atoms with Gasteiger partial charge in [0.2, 0.25) is 5.88 Å². The number of amides is 1. The van der Waals surface area contributed by atoms with Crippen molar-refractivity contribution in [3.05, 3.63) is 47.2 Å². The Morgan fingerprint density at radius 3 is 2.77 bits per heavy atom. The quantitative estimate of drug-likeness (QED) is 0.355. The second-order valence-corrected chi connectivity index (χ2v) is 7.36. The van der Waals surface area contributed by atoms with Gasteiger partial charge in [-0.05, 0) is 31.0 Å². The Morgan fingerprint density at radius 1 is 1.23 bits per heavy atom. The van der Waals surface area contributed by atoms with E-state index in [1.165, 1.54) is 19.6 Å². The number of rotatable bonds is 11. The van der Waals surface area contributed by atoms with Crippen LogP contribution in [0.1, 0.15) is 46.2 Å². The second kappa shape index (κ2) is 10.7. The van der Waals surface area contributed by atoms with E-state index in [9.17, 15) is 9.59 Å². The molecule has 0 aromatic carbocycles. The second-order valence-electron chi connectivity index (χ2n) is 6.36. The first-order valence-corrected chi connectivity index (χ1v) is 10.4. The van der Waals surface area contributed by atoms with Gasteiger partial charge in [-0.15, -0.1) is 0 Å². The smallest absolute Gasteiger partial charge is 0.259 e. The minimum Gasteiger partial charge on any atom is -0.481 e. The highest BCUT2D eigenvalue weighted by molar-refractivity contribution is 7.18. The molecule has 30 heavy (non-hydrogen) atoms. The summed E-state index contributed by atoms with van der Waals surface area (Å²) in [5.74, 6) is 0.447. The molecule has 0 atom stereocenters. The number of hydrogen-bond acceptors (Lipinski definition) is 8. The molecule has 0 aliphatic heterocycles. The fourth-order valence-corrected chi connectivity index (χ4v) is 3.58. The molecule has 0 spiro atoms. The Morgan fingerprint density at radius 2 is 2.10 bits per heavy atom. The predicted octanol–water partition coefficient (Wildman–Crippen LogP) is 4.45. The van der Waals surface area contributed by atoms with Crippen LogP contribution in [0.3, 0.4) is 0 Å². The van der Waals surface area contributed by atoms with Crippen LogP contribution in [0.4, 0.5) is 5.13 Å². The number of nitrogens with one attached hydrogen (secondary N) is 1. The van der Waals surface area contributed by atoms with Gasteiger partial charge in [-0.2, -0.15) is 0 Å². The summed E-state index contributed by atoms with van der Waals surface area (Å²) in [6, 6.07) is 6.66. The van der Waals surface area contributed by atoms with Crippen LogP contribution in [0, 0.1) is 0 Å². The predicted molar refractivity (Wildman–Crippen MR) is 113 cm³/mol. The third-order valence-corrected chi connectivity index (χ3v) is 5.12. The van der Waals surface area contributed by atoms with Crippen molar-refractivity contribution in [3.8, 4) is 17.3 Å². The van der Waals surface area contributed by atoms with E-state index in [4.69, 9.17) is 13.9 Å². The van der Waals surface area contributed by atoms with E-state index >= 15 is 0 Å². The number of carbonyl (C=O) groups excluding carboxylic acids is 2. The van der Waals surface area contributed by atoms with Crippen molar-refractivity contribution in [1.82, 2.24) is 9.97 Å². The van der Waals surface area contributed by atoms with Crippen LogP contribution in [0.5, 0.6) is 5.88 Å². The van der Waals surface area contributed by atoms with E-state index in [1.807, 2.05) is 6.92 Å². The lowest BCUT2D eigenvalue weighted by Gasteiger charge is -2.02. The summed E-state index contributed by atoms with van der Waals surface area (Å²) < 4.78 is 15.9. The van der Waals surface area contributed by atoms with Gasteiger partial charge in [0.25, 0.3) is 5.91 Å². The monoisotopic (exact) mass is 429 g/mol. The van der Waals surface area contributed by atoms with Crippen LogP contribution >= 0.6 is 11.3 Å². The lowest BCUT2D eigenvalue weighted by atomic mass is 10.1. The average molecular weight is 429 g/mol. The zero-order valence-electron chi connectivity index (χ0n) is 16.8. The van der Waals surface area contributed by atoms with E-state index in [2.05, 4.69) is 15.3 Å². The normalized spacial score (nSPS) is 10.7. The van der Waals surface area contributed by atoms with E-state index in [0.29, 0.717) is 59.0 Å². The minimum atomic E-state index is -0.378. The molecular weight excluding hydrogens is 406 g/mol. The summed E-state index contributed by atoms with van der Waals surface area (Å²) in [5.41, 5.74) is 0.777. The maximum Gasteiger partial charge on any atom is 0.259 e. The molecule has 0 aliphatic rings. The summed E-state index contributed by atoms with van der Waals surface area (Å²) in [7, 11) is 1.50. The number of pyridine rings is 1. The van der Waals surface area contributed by atoms with Crippen molar-refractivity contribution in [2.45, 2.75) is 26.2 Å². The van der Waals surface area contributed by atoms with Crippen molar-refractivity contribution in [3.63, 3.8) is 0 Å². The summed E-state index contributed by atoms with van der Waals surface area (Å²) >= 11 is 1.13. The lowest BCUT2D eigenvalue weighted by molar-refractivity contribution is 0.0941. The van der Waals surface area contributed by atoms with E-state index in [-0.39, 0.29) is 11.7 Å². The number of ether oxygens (including phenoxy) is 2. The lowest BCUT2D eigenvalue weighted by Crippen LogP contribution is -2.12. The standard InChI is InChI=1S/C21H23N3O5S/c1-3-10-28-11-4-6-15(25)19-18(16-7-5-12-29-16)23-21(30-19)24-20(26)14-8-9-17(27-2)22-13-14/h5,7-9,12-13H,3-4,6,10-11H2,1-2H3,(H,23,24,26). The molecule has 0 saturated heterocycles. The molecule has 0 fully saturated rings. The number of aromatic nitrogens is 2. The number of methoxy groups -OCH3 is 1. The number of ketones is 1. The van der Waals surface area contributed by atoms with Gasteiger partial charge in [-0.3, -0.25) is 14.9 Å². The topological polar surface area (TPSA) is 104 Å². The minimum absolute atomic E-state index is 0.0642. The van der Waals surface area contributed by atoms with Crippen molar-refractivity contribution in [1.29, 1.82) is 0 Å².